The van der Waals surface area contributed by atoms with Gasteiger partial charge in [-0.2, -0.15) is 0 Å². The fraction of sp³-hybridized carbons (Fsp3) is 0.857. The summed E-state index contributed by atoms with van der Waals surface area (Å²) in [5.41, 5.74) is 0. The SMILES string of the molecule is CCC[CH]C1COCO1. The molecule has 0 amide bonds. The van der Waals surface area contributed by atoms with Gasteiger partial charge < -0.3 is 9.47 Å². The van der Waals surface area contributed by atoms with Gasteiger partial charge in [0.15, 0.2) is 0 Å². The summed E-state index contributed by atoms with van der Waals surface area (Å²) in [6.07, 6.45) is 4.77. The van der Waals surface area contributed by atoms with Gasteiger partial charge >= 0.3 is 0 Å². The van der Waals surface area contributed by atoms with Crippen molar-refractivity contribution < 1.29 is 9.47 Å². The molecule has 1 aliphatic rings. The molecule has 0 aromatic carbocycles. The van der Waals surface area contributed by atoms with Gasteiger partial charge in [-0.05, 0) is 12.8 Å². The summed E-state index contributed by atoms with van der Waals surface area (Å²) in [5.74, 6) is 0. The molecule has 1 aliphatic heterocycles. The number of hydrogen-bond donors (Lipinski definition) is 0. The molecule has 1 rings (SSSR count). The minimum absolute atomic E-state index is 0.268. The second-order valence-corrected chi connectivity index (χ2v) is 2.22. The molecule has 1 heterocycles. The Hall–Kier alpha value is -0.0800. The zero-order valence-electron chi connectivity index (χ0n) is 5.80. The molecular formula is C7H13O2. The Morgan fingerprint density at radius 3 is 3.11 bits per heavy atom. The van der Waals surface area contributed by atoms with Crippen molar-refractivity contribution >= 4 is 0 Å². The van der Waals surface area contributed by atoms with Crippen LogP contribution in [0.5, 0.6) is 0 Å². The average molecular weight is 129 g/mol. The van der Waals surface area contributed by atoms with Crippen LogP contribution in [-0.4, -0.2) is 19.5 Å². The van der Waals surface area contributed by atoms with Crippen LogP contribution in [0.15, 0.2) is 0 Å². The largest absolute Gasteiger partial charge is 0.353 e. The molecule has 0 aliphatic carbocycles. The molecule has 1 fully saturated rings. The van der Waals surface area contributed by atoms with Crippen molar-refractivity contribution in [3.63, 3.8) is 0 Å². The third-order valence-electron chi connectivity index (χ3n) is 1.37. The van der Waals surface area contributed by atoms with Gasteiger partial charge in [-0.15, -0.1) is 0 Å². The van der Waals surface area contributed by atoms with Crippen LogP contribution in [0.4, 0.5) is 0 Å². The van der Waals surface area contributed by atoms with Crippen LogP contribution in [0.3, 0.4) is 0 Å². The summed E-state index contributed by atoms with van der Waals surface area (Å²) in [6.45, 7) is 3.39. The lowest BCUT2D eigenvalue weighted by atomic mass is 10.2. The van der Waals surface area contributed by atoms with Gasteiger partial charge in [-0.3, -0.25) is 0 Å². The molecule has 53 valence electrons. The first kappa shape index (κ1) is 7.03. The molecule has 1 unspecified atom stereocenters. The lowest BCUT2D eigenvalue weighted by molar-refractivity contribution is 0.0535. The Kier molecular flexibility index (Phi) is 3.01. The van der Waals surface area contributed by atoms with Gasteiger partial charge in [0.25, 0.3) is 0 Å². The van der Waals surface area contributed by atoms with Crippen LogP contribution in [0.2, 0.25) is 0 Å². The number of ether oxygens (including phenoxy) is 2. The minimum atomic E-state index is 0.268. The van der Waals surface area contributed by atoms with E-state index in [4.69, 9.17) is 9.47 Å². The highest BCUT2D eigenvalue weighted by Gasteiger charge is 2.14. The monoisotopic (exact) mass is 129 g/mol. The Morgan fingerprint density at radius 2 is 2.56 bits per heavy atom. The van der Waals surface area contributed by atoms with Crippen LogP contribution in [0, 0.1) is 6.42 Å². The van der Waals surface area contributed by atoms with Gasteiger partial charge in [0, 0.05) is 0 Å². The van der Waals surface area contributed by atoms with Crippen molar-refractivity contribution in [3.05, 3.63) is 6.42 Å². The van der Waals surface area contributed by atoms with E-state index in [1.807, 2.05) is 0 Å². The zero-order valence-corrected chi connectivity index (χ0v) is 5.80. The van der Waals surface area contributed by atoms with Crippen molar-refractivity contribution in [2.45, 2.75) is 25.9 Å². The molecule has 0 bridgehead atoms. The Balaban J connectivity index is 1.98. The molecule has 0 aromatic rings. The first-order chi connectivity index (χ1) is 4.43. The molecular weight excluding hydrogens is 116 g/mol. The molecule has 1 saturated heterocycles. The predicted molar refractivity (Wildman–Crippen MR) is 34.9 cm³/mol. The maximum absolute atomic E-state index is 5.18. The summed E-state index contributed by atoms with van der Waals surface area (Å²) in [5, 5.41) is 0. The normalized spacial score (nSPS) is 27.0. The predicted octanol–water partition coefficient (Wildman–Crippen LogP) is 1.36. The summed E-state index contributed by atoms with van der Waals surface area (Å²) in [4.78, 5) is 0. The van der Waals surface area contributed by atoms with Crippen LogP contribution < -0.4 is 0 Å². The topological polar surface area (TPSA) is 18.5 Å². The second-order valence-electron chi connectivity index (χ2n) is 2.22. The highest BCUT2D eigenvalue weighted by atomic mass is 16.7. The first-order valence-corrected chi connectivity index (χ1v) is 3.46. The fourth-order valence-corrected chi connectivity index (χ4v) is 0.837. The molecule has 0 aromatic heterocycles. The third-order valence-corrected chi connectivity index (χ3v) is 1.37. The van der Waals surface area contributed by atoms with Crippen molar-refractivity contribution in [2.75, 3.05) is 13.4 Å². The van der Waals surface area contributed by atoms with Crippen molar-refractivity contribution in [3.8, 4) is 0 Å². The molecule has 0 N–H and O–H groups in total. The maximum Gasteiger partial charge on any atom is 0.147 e. The van der Waals surface area contributed by atoms with E-state index in [9.17, 15) is 0 Å². The molecule has 1 radical (unpaired) electrons. The van der Waals surface area contributed by atoms with Crippen LogP contribution in [-0.2, 0) is 9.47 Å². The van der Waals surface area contributed by atoms with Crippen LogP contribution in [0.1, 0.15) is 19.8 Å². The average Bonchev–Trinajstić information content (AvgIpc) is 2.34. The Morgan fingerprint density at radius 1 is 1.67 bits per heavy atom. The summed E-state index contributed by atoms with van der Waals surface area (Å²) in [6, 6.07) is 0. The van der Waals surface area contributed by atoms with Crippen molar-refractivity contribution in [2.24, 2.45) is 0 Å². The molecule has 2 heteroatoms. The van der Waals surface area contributed by atoms with E-state index >= 15 is 0 Å². The lowest BCUT2D eigenvalue weighted by Crippen LogP contribution is -2.09. The lowest BCUT2D eigenvalue weighted by Gasteiger charge is -2.03. The molecule has 9 heavy (non-hydrogen) atoms. The highest BCUT2D eigenvalue weighted by molar-refractivity contribution is 4.77. The fourth-order valence-electron chi connectivity index (χ4n) is 0.837. The molecule has 1 atom stereocenters. The Labute approximate surface area is 56.2 Å². The van der Waals surface area contributed by atoms with Crippen LogP contribution in [0.25, 0.3) is 0 Å². The first-order valence-electron chi connectivity index (χ1n) is 3.46. The minimum Gasteiger partial charge on any atom is -0.353 e. The van der Waals surface area contributed by atoms with E-state index in [-0.39, 0.29) is 6.10 Å². The molecule has 0 saturated carbocycles. The number of hydrogen-bond acceptors (Lipinski definition) is 2. The van der Waals surface area contributed by atoms with E-state index in [2.05, 4.69) is 13.3 Å². The van der Waals surface area contributed by atoms with Gasteiger partial charge in [-0.1, -0.05) is 13.3 Å². The number of unbranched alkanes of at least 4 members (excludes halogenated alkanes) is 1. The van der Waals surface area contributed by atoms with E-state index in [0.29, 0.717) is 6.79 Å². The highest BCUT2D eigenvalue weighted by Crippen LogP contribution is 2.08. The van der Waals surface area contributed by atoms with E-state index in [1.54, 1.807) is 0 Å². The van der Waals surface area contributed by atoms with Crippen LogP contribution >= 0.6 is 0 Å². The third kappa shape index (κ3) is 2.33. The van der Waals surface area contributed by atoms with E-state index < -0.39 is 0 Å². The van der Waals surface area contributed by atoms with Gasteiger partial charge in [0.05, 0.1) is 12.7 Å². The quantitative estimate of drug-likeness (QED) is 0.573. The summed E-state index contributed by atoms with van der Waals surface area (Å²) < 4.78 is 10.2. The summed E-state index contributed by atoms with van der Waals surface area (Å²) in [7, 11) is 0. The standard InChI is InChI=1S/C7H13O2/c1-2-3-4-7-5-8-6-9-7/h4,7H,2-3,5-6H2,1H3. The van der Waals surface area contributed by atoms with Crippen molar-refractivity contribution in [1.29, 1.82) is 0 Å². The molecule has 2 nitrogen and oxygen atoms in total. The van der Waals surface area contributed by atoms with Gasteiger partial charge in [-0.25, -0.2) is 0 Å². The molecule has 0 spiro atoms. The van der Waals surface area contributed by atoms with E-state index in [0.717, 1.165) is 13.0 Å². The van der Waals surface area contributed by atoms with Crippen molar-refractivity contribution in [1.82, 2.24) is 0 Å². The summed E-state index contributed by atoms with van der Waals surface area (Å²) >= 11 is 0. The Bertz CT molecular complexity index is 67.3. The maximum atomic E-state index is 5.18. The van der Waals surface area contributed by atoms with Gasteiger partial charge in [0.1, 0.15) is 6.79 Å². The second kappa shape index (κ2) is 3.85. The number of rotatable bonds is 3. The smallest absolute Gasteiger partial charge is 0.147 e. The van der Waals surface area contributed by atoms with E-state index in [1.165, 1.54) is 6.42 Å². The van der Waals surface area contributed by atoms with Gasteiger partial charge in [0.2, 0.25) is 0 Å². The zero-order chi connectivity index (χ0) is 6.53.